The highest BCUT2D eigenvalue weighted by molar-refractivity contribution is 7.80. The number of halogens is 2. The first kappa shape index (κ1) is 13.9. The van der Waals surface area contributed by atoms with Crippen molar-refractivity contribution < 1.29 is 5.11 Å². The highest BCUT2D eigenvalue weighted by atomic mass is 35.5. The van der Waals surface area contributed by atoms with Crippen LogP contribution < -0.4 is 10.6 Å². The van der Waals surface area contributed by atoms with E-state index in [9.17, 15) is 5.11 Å². The van der Waals surface area contributed by atoms with E-state index in [4.69, 9.17) is 35.4 Å². The zero-order chi connectivity index (χ0) is 13.8. The van der Waals surface area contributed by atoms with E-state index in [1.54, 1.807) is 12.1 Å². The second-order valence-corrected chi connectivity index (χ2v) is 4.96. The molecular weight excluding hydrogens is 303 g/mol. The van der Waals surface area contributed by atoms with Gasteiger partial charge in [-0.25, -0.2) is 0 Å². The standard InChI is InChI=1S/C13H10Cl2N2OS/c14-10-6-9(7-11(15)12(10)18)17-13(19)16-8-4-2-1-3-5-8/h1-7,18H,(H2,16,17,19). The van der Waals surface area contributed by atoms with E-state index in [1.807, 2.05) is 30.3 Å². The fourth-order valence-corrected chi connectivity index (χ4v) is 2.18. The zero-order valence-corrected chi connectivity index (χ0v) is 12.0. The quantitative estimate of drug-likeness (QED) is 0.564. The lowest BCUT2D eigenvalue weighted by atomic mass is 10.3. The number of hydrogen-bond donors (Lipinski definition) is 3. The molecule has 6 heteroatoms. The fraction of sp³-hybridized carbons (Fsp3) is 0. The largest absolute Gasteiger partial charge is 0.505 e. The third-order valence-corrected chi connectivity index (χ3v) is 3.09. The number of aromatic hydroxyl groups is 1. The van der Waals surface area contributed by atoms with Crippen molar-refractivity contribution in [2.75, 3.05) is 10.6 Å². The van der Waals surface area contributed by atoms with E-state index in [1.165, 1.54) is 0 Å². The highest BCUT2D eigenvalue weighted by Crippen LogP contribution is 2.34. The Morgan fingerprint density at radius 1 is 0.947 bits per heavy atom. The number of anilines is 2. The number of benzene rings is 2. The summed E-state index contributed by atoms with van der Waals surface area (Å²) in [6.07, 6.45) is 0. The van der Waals surface area contributed by atoms with Gasteiger partial charge in [-0.1, -0.05) is 41.4 Å². The van der Waals surface area contributed by atoms with Crippen LogP contribution in [0.25, 0.3) is 0 Å². The van der Waals surface area contributed by atoms with Crippen LogP contribution in [0.3, 0.4) is 0 Å². The first-order chi connectivity index (χ1) is 9.06. The second-order valence-electron chi connectivity index (χ2n) is 3.73. The van der Waals surface area contributed by atoms with Crippen molar-refractivity contribution in [3.8, 4) is 5.75 Å². The molecule has 0 aliphatic rings. The smallest absolute Gasteiger partial charge is 0.175 e. The topological polar surface area (TPSA) is 44.3 Å². The molecular formula is C13H10Cl2N2OS. The van der Waals surface area contributed by atoms with Gasteiger partial charge in [0.25, 0.3) is 0 Å². The average molecular weight is 313 g/mol. The minimum absolute atomic E-state index is 0.143. The Bertz CT molecular complexity index is 582. The Kier molecular flexibility index (Phi) is 4.47. The van der Waals surface area contributed by atoms with Gasteiger partial charge in [-0.2, -0.15) is 0 Å². The molecule has 0 unspecified atom stereocenters. The maximum absolute atomic E-state index is 9.46. The highest BCUT2D eigenvalue weighted by Gasteiger charge is 2.07. The molecule has 0 saturated carbocycles. The SMILES string of the molecule is Oc1c(Cl)cc(NC(=S)Nc2ccccc2)cc1Cl. The summed E-state index contributed by atoms with van der Waals surface area (Å²) >= 11 is 16.8. The van der Waals surface area contributed by atoms with Crippen LogP contribution in [0.5, 0.6) is 5.75 Å². The maximum atomic E-state index is 9.46. The molecule has 0 atom stereocenters. The first-order valence-corrected chi connectivity index (χ1v) is 6.54. The van der Waals surface area contributed by atoms with Crippen LogP contribution in [0.2, 0.25) is 10.0 Å². The van der Waals surface area contributed by atoms with Gasteiger partial charge in [0.15, 0.2) is 10.9 Å². The van der Waals surface area contributed by atoms with E-state index >= 15 is 0 Å². The fourth-order valence-electron chi connectivity index (χ4n) is 1.45. The number of thiocarbonyl (C=S) groups is 1. The van der Waals surface area contributed by atoms with Crippen LogP contribution in [-0.2, 0) is 0 Å². The average Bonchev–Trinajstić information content (AvgIpc) is 2.37. The number of phenolic OH excluding ortho intramolecular Hbond substituents is 1. The molecule has 0 heterocycles. The van der Waals surface area contributed by atoms with Crippen LogP contribution in [0.15, 0.2) is 42.5 Å². The molecule has 0 bridgehead atoms. The minimum atomic E-state index is -0.143. The molecule has 2 aromatic carbocycles. The summed E-state index contributed by atoms with van der Waals surface area (Å²) in [4.78, 5) is 0. The Balaban J connectivity index is 2.07. The molecule has 0 spiro atoms. The molecule has 98 valence electrons. The third-order valence-electron chi connectivity index (χ3n) is 2.31. The number of phenols is 1. The van der Waals surface area contributed by atoms with E-state index in [-0.39, 0.29) is 15.8 Å². The molecule has 3 nitrogen and oxygen atoms in total. The molecule has 0 fully saturated rings. The van der Waals surface area contributed by atoms with Gasteiger partial charge in [0.2, 0.25) is 0 Å². The minimum Gasteiger partial charge on any atom is -0.505 e. The molecule has 0 saturated heterocycles. The molecule has 19 heavy (non-hydrogen) atoms. The Labute approximate surface area is 126 Å². The van der Waals surface area contributed by atoms with E-state index in [2.05, 4.69) is 10.6 Å². The lowest BCUT2D eigenvalue weighted by Gasteiger charge is -2.11. The molecule has 2 rings (SSSR count). The first-order valence-electron chi connectivity index (χ1n) is 5.37. The van der Waals surface area contributed by atoms with Crippen molar-refractivity contribution in [1.29, 1.82) is 0 Å². The third kappa shape index (κ3) is 3.73. The molecule has 0 aliphatic heterocycles. The predicted octanol–water partition coefficient (Wildman–Crippen LogP) is 4.51. The summed E-state index contributed by atoms with van der Waals surface area (Å²) in [6.45, 7) is 0. The van der Waals surface area contributed by atoms with E-state index in [0.29, 0.717) is 10.8 Å². The van der Waals surface area contributed by atoms with Gasteiger partial charge in [0, 0.05) is 11.4 Å². The van der Waals surface area contributed by atoms with Crippen LogP contribution in [0, 0.1) is 0 Å². The van der Waals surface area contributed by atoms with Crippen LogP contribution >= 0.6 is 35.4 Å². The van der Waals surface area contributed by atoms with Crippen molar-refractivity contribution in [2.24, 2.45) is 0 Å². The summed E-state index contributed by atoms with van der Waals surface area (Å²) in [7, 11) is 0. The lowest BCUT2D eigenvalue weighted by Crippen LogP contribution is -2.18. The van der Waals surface area contributed by atoms with Gasteiger partial charge in [-0.15, -0.1) is 0 Å². The van der Waals surface area contributed by atoms with Gasteiger partial charge in [0.1, 0.15) is 0 Å². The van der Waals surface area contributed by atoms with Crippen molar-refractivity contribution >= 4 is 51.9 Å². The zero-order valence-electron chi connectivity index (χ0n) is 9.65. The van der Waals surface area contributed by atoms with Gasteiger partial charge in [-0.05, 0) is 36.5 Å². The van der Waals surface area contributed by atoms with Crippen molar-refractivity contribution in [3.63, 3.8) is 0 Å². The summed E-state index contributed by atoms with van der Waals surface area (Å²) < 4.78 is 0. The number of nitrogens with one attached hydrogen (secondary N) is 2. The number of rotatable bonds is 2. The molecule has 0 aromatic heterocycles. The van der Waals surface area contributed by atoms with Crippen LogP contribution in [0.1, 0.15) is 0 Å². The summed E-state index contributed by atoms with van der Waals surface area (Å²) in [5.74, 6) is -0.143. The van der Waals surface area contributed by atoms with Gasteiger partial charge in [0.05, 0.1) is 10.0 Å². The molecule has 0 aliphatic carbocycles. The van der Waals surface area contributed by atoms with E-state index in [0.717, 1.165) is 5.69 Å². The summed E-state index contributed by atoms with van der Waals surface area (Å²) in [5, 5.41) is 16.2. The Morgan fingerprint density at radius 2 is 1.47 bits per heavy atom. The van der Waals surface area contributed by atoms with E-state index < -0.39 is 0 Å². The molecule has 0 radical (unpaired) electrons. The Hall–Kier alpha value is -1.49. The number of hydrogen-bond acceptors (Lipinski definition) is 2. The molecule has 0 amide bonds. The van der Waals surface area contributed by atoms with Gasteiger partial charge in [-0.3, -0.25) is 0 Å². The van der Waals surface area contributed by atoms with Gasteiger partial charge >= 0.3 is 0 Å². The normalized spacial score (nSPS) is 10.0. The summed E-state index contributed by atoms with van der Waals surface area (Å²) in [6, 6.07) is 12.6. The molecule has 2 aromatic rings. The second kappa shape index (κ2) is 6.10. The predicted molar refractivity (Wildman–Crippen MR) is 84.4 cm³/mol. The van der Waals surface area contributed by atoms with Crippen molar-refractivity contribution in [2.45, 2.75) is 0 Å². The van der Waals surface area contributed by atoms with Gasteiger partial charge < -0.3 is 15.7 Å². The summed E-state index contributed by atoms with van der Waals surface area (Å²) in [5.41, 5.74) is 1.47. The maximum Gasteiger partial charge on any atom is 0.175 e. The number of para-hydroxylation sites is 1. The molecule has 3 N–H and O–H groups in total. The monoisotopic (exact) mass is 312 g/mol. The van der Waals surface area contributed by atoms with Crippen LogP contribution in [0.4, 0.5) is 11.4 Å². The lowest BCUT2D eigenvalue weighted by molar-refractivity contribution is 0.476. The van der Waals surface area contributed by atoms with Crippen molar-refractivity contribution in [1.82, 2.24) is 0 Å². The van der Waals surface area contributed by atoms with Crippen LogP contribution in [-0.4, -0.2) is 10.2 Å². The Morgan fingerprint density at radius 3 is 2.05 bits per heavy atom. The van der Waals surface area contributed by atoms with Crippen molar-refractivity contribution in [3.05, 3.63) is 52.5 Å².